The number of rotatable bonds is 0. The Morgan fingerprint density at radius 3 is 1.91 bits per heavy atom. The molecule has 0 radical (unpaired) electrons. The minimum absolute atomic E-state index is 0. The van der Waals surface area contributed by atoms with Crippen molar-refractivity contribution >= 4 is 24.0 Å². The lowest BCUT2D eigenvalue weighted by Gasteiger charge is -1.90. The van der Waals surface area contributed by atoms with E-state index in [0.717, 1.165) is 10.6 Å². The summed E-state index contributed by atoms with van der Waals surface area (Å²) in [7, 11) is 0. The molecule has 0 aliphatic rings. The van der Waals surface area contributed by atoms with E-state index in [1.54, 1.807) is 0 Å². The second-order valence-electron chi connectivity index (χ2n) is 1.75. The van der Waals surface area contributed by atoms with Crippen molar-refractivity contribution in [1.29, 1.82) is 10.8 Å². The third-order valence-corrected chi connectivity index (χ3v) is 1.50. The Morgan fingerprint density at radius 2 is 1.64 bits per heavy atom. The molecule has 0 aromatic heterocycles. The van der Waals surface area contributed by atoms with Gasteiger partial charge in [0.25, 0.3) is 0 Å². The Kier molecular flexibility index (Phi) is 8.57. The number of nitrogens with zero attached hydrogens (tertiary/aromatic N) is 2. The van der Waals surface area contributed by atoms with Crippen LogP contribution in [0, 0.1) is 17.7 Å². The molecule has 0 unspecified atom stereocenters. The largest absolute Gasteiger partial charge is 0.147 e. The molecule has 1 aromatic carbocycles. The van der Waals surface area contributed by atoms with E-state index in [0.29, 0.717) is 0 Å². The SMILES string of the molecule is Cc1ccccc1Cl.Cl.N#N. The molecule has 0 fully saturated rings. The molecule has 0 saturated carbocycles. The lowest BCUT2D eigenvalue weighted by Crippen LogP contribution is -1.68. The number of hydrogen-bond donors (Lipinski definition) is 0. The van der Waals surface area contributed by atoms with Gasteiger partial charge in [-0.1, -0.05) is 29.8 Å². The van der Waals surface area contributed by atoms with Crippen molar-refractivity contribution in [2.45, 2.75) is 6.92 Å². The standard InChI is InChI=1S/C7H7Cl.ClH.N2/c1-6-4-2-3-5-7(6)8;;1-2/h2-5H,1H3;1H;. The Balaban J connectivity index is 0. The normalized spacial score (nSPS) is 6.91. The first-order chi connectivity index (χ1) is 4.80. The number of benzene rings is 1. The summed E-state index contributed by atoms with van der Waals surface area (Å²) in [6, 6.07) is 7.77. The van der Waals surface area contributed by atoms with Crippen LogP contribution in [0.3, 0.4) is 0 Å². The molecule has 0 aliphatic heterocycles. The van der Waals surface area contributed by atoms with Gasteiger partial charge in [-0.2, -0.15) is 0 Å². The zero-order valence-electron chi connectivity index (χ0n) is 5.99. The van der Waals surface area contributed by atoms with Gasteiger partial charge < -0.3 is 0 Å². The van der Waals surface area contributed by atoms with Gasteiger partial charge in [-0.25, -0.2) is 0 Å². The predicted octanol–water partition coefficient (Wildman–Crippen LogP) is 3.10. The van der Waals surface area contributed by atoms with Crippen LogP contribution >= 0.6 is 24.0 Å². The molecular weight excluding hydrogens is 183 g/mol. The molecule has 0 aliphatic carbocycles. The Labute approximate surface area is 77.0 Å². The van der Waals surface area contributed by atoms with Crippen LogP contribution in [0.25, 0.3) is 0 Å². The Bertz CT molecular complexity index is 202. The first-order valence-electron chi connectivity index (χ1n) is 2.72. The van der Waals surface area contributed by atoms with Crippen LogP contribution in [0.15, 0.2) is 24.3 Å². The van der Waals surface area contributed by atoms with E-state index in [9.17, 15) is 0 Å². The highest BCUT2D eigenvalue weighted by Gasteiger charge is 1.86. The van der Waals surface area contributed by atoms with Crippen molar-refractivity contribution in [3.8, 4) is 0 Å². The Hall–Kier alpha value is -0.780. The highest BCUT2D eigenvalue weighted by atomic mass is 35.5. The van der Waals surface area contributed by atoms with Crippen molar-refractivity contribution in [1.82, 2.24) is 0 Å². The highest BCUT2D eigenvalue weighted by molar-refractivity contribution is 6.31. The molecule has 0 heterocycles. The molecule has 0 bridgehead atoms. The van der Waals surface area contributed by atoms with Gasteiger partial charge in [0.05, 0.1) is 0 Å². The van der Waals surface area contributed by atoms with E-state index in [4.69, 9.17) is 22.4 Å². The molecule has 1 aromatic rings. The zero-order chi connectivity index (χ0) is 7.98. The van der Waals surface area contributed by atoms with E-state index in [1.807, 2.05) is 31.2 Å². The average Bonchev–Trinajstić information content (AvgIpc) is 2.00. The first kappa shape index (κ1) is 12.9. The maximum atomic E-state index is 6.00. The lowest BCUT2D eigenvalue weighted by atomic mass is 10.2. The minimum atomic E-state index is 0. The molecular formula is C7H8Cl2N2. The van der Waals surface area contributed by atoms with Crippen molar-refractivity contribution < 1.29 is 0 Å². The maximum Gasteiger partial charge on any atom is 0.0435 e. The van der Waals surface area contributed by atoms with Crippen LogP contribution in [-0.2, 0) is 0 Å². The second kappa shape index (κ2) is 7.33. The van der Waals surface area contributed by atoms with E-state index >= 15 is 0 Å². The quantitative estimate of drug-likeness (QED) is 0.591. The summed E-state index contributed by atoms with van der Waals surface area (Å²) in [5, 5.41) is 12.8. The van der Waals surface area contributed by atoms with Gasteiger partial charge in [-0.15, -0.1) is 12.4 Å². The van der Waals surface area contributed by atoms with Gasteiger partial charge in [0.1, 0.15) is 0 Å². The summed E-state index contributed by atoms with van der Waals surface area (Å²) < 4.78 is 0. The third kappa shape index (κ3) is 4.60. The molecule has 0 spiro atoms. The van der Waals surface area contributed by atoms with Crippen molar-refractivity contribution in [3.63, 3.8) is 0 Å². The maximum absolute atomic E-state index is 6.00. The first-order valence-corrected chi connectivity index (χ1v) is 3.09. The summed E-state index contributed by atoms with van der Waals surface area (Å²) in [6.07, 6.45) is 0. The van der Waals surface area contributed by atoms with Crippen LogP contribution in [0.2, 0.25) is 5.02 Å². The van der Waals surface area contributed by atoms with Crippen molar-refractivity contribution in [2.24, 2.45) is 0 Å². The van der Waals surface area contributed by atoms with E-state index in [-0.39, 0.29) is 12.4 Å². The van der Waals surface area contributed by atoms with Gasteiger partial charge in [-0.3, -0.25) is 0 Å². The topological polar surface area (TPSA) is 47.6 Å². The summed E-state index contributed by atoms with van der Waals surface area (Å²) in [6.45, 7) is 1.99. The van der Waals surface area contributed by atoms with Crippen LogP contribution in [-0.4, -0.2) is 0 Å². The molecule has 1 rings (SSSR count). The minimum Gasteiger partial charge on any atom is -0.147 e. The smallest absolute Gasteiger partial charge is 0.0435 e. The summed E-state index contributed by atoms with van der Waals surface area (Å²) >= 11 is 5.71. The fourth-order valence-electron chi connectivity index (χ4n) is 0.551. The van der Waals surface area contributed by atoms with Gasteiger partial charge in [0.2, 0.25) is 0 Å². The average molecular weight is 191 g/mol. The fourth-order valence-corrected chi connectivity index (χ4v) is 0.687. The number of hydrogen-bond acceptors (Lipinski definition) is 2. The summed E-state index contributed by atoms with van der Waals surface area (Å²) in [5.74, 6) is 0. The van der Waals surface area contributed by atoms with Crippen LogP contribution in [0.4, 0.5) is 0 Å². The lowest BCUT2D eigenvalue weighted by molar-refractivity contribution is 1.15. The molecule has 0 atom stereocenters. The molecule has 0 N–H and O–H groups in total. The summed E-state index contributed by atoms with van der Waals surface area (Å²) in [5.41, 5.74) is 1.13. The van der Waals surface area contributed by atoms with Gasteiger partial charge >= 0.3 is 0 Å². The van der Waals surface area contributed by atoms with Gasteiger partial charge in [0, 0.05) is 15.8 Å². The fraction of sp³-hybridized carbons (Fsp3) is 0.143. The number of halogens is 2. The van der Waals surface area contributed by atoms with E-state index in [2.05, 4.69) is 0 Å². The zero-order valence-corrected chi connectivity index (χ0v) is 7.56. The van der Waals surface area contributed by atoms with Gasteiger partial charge in [0.15, 0.2) is 0 Å². The third-order valence-electron chi connectivity index (χ3n) is 1.08. The van der Waals surface area contributed by atoms with Crippen molar-refractivity contribution in [2.75, 3.05) is 0 Å². The summed E-state index contributed by atoms with van der Waals surface area (Å²) in [4.78, 5) is 0. The highest BCUT2D eigenvalue weighted by Crippen LogP contribution is 2.11. The molecule has 60 valence electrons. The monoisotopic (exact) mass is 190 g/mol. The second-order valence-corrected chi connectivity index (χ2v) is 2.16. The molecule has 2 nitrogen and oxygen atoms in total. The number of aryl methyl sites for hydroxylation is 1. The van der Waals surface area contributed by atoms with E-state index in [1.165, 1.54) is 0 Å². The molecule has 0 saturated heterocycles. The van der Waals surface area contributed by atoms with Crippen LogP contribution in [0.5, 0.6) is 0 Å². The van der Waals surface area contributed by atoms with Crippen LogP contribution < -0.4 is 0 Å². The molecule has 0 amide bonds. The molecule has 4 heteroatoms. The molecule has 11 heavy (non-hydrogen) atoms. The predicted molar refractivity (Wildman–Crippen MR) is 46.9 cm³/mol. The Morgan fingerprint density at radius 1 is 1.18 bits per heavy atom. The van der Waals surface area contributed by atoms with Crippen LogP contribution in [0.1, 0.15) is 5.56 Å². The van der Waals surface area contributed by atoms with E-state index < -0.39 is 0 Å². The van der Waals surface area contributed by atoms with Gasteiger partial charge in [-0.05, 0) is 18.6 Å². The van der Waals surface area contributed by atoms with Crippen molar-refractivity contribution in [3.05, 3.63) is 34.9 Å².